The van der Waals surface area contributed by atoms with Gasteiger partial charge in [-0.05, 0) is 24.6 Å². The van der Waals surface area contributed by atoms with Crippen LogP contribution in [-0.2, 0) is 11.3 Å². The van der Waals surface area contributed by atoms with Crippen LogP contribution >= 0.6 is 22.9 Å². The Hall–Kier alpha value is -1.69. The highest BCUT2D eigenvalue weighted by Gasteiger charge is 2.15. The average Bonchev–Trinajstić information content (AvgIpc) is 2.92. The third kappa shape index (κ3) is 2.67. The zero-order valence-electron chi connectivity index (χ0n) is 12.3. The second kappa shape index (κ2) is 6.20. The Balaban J connectivity index is 2.21. The van der Waals surface area contributed by atoms with Gasteiger partial charge < -0.3 is 4.74 Å². The molecule has 1 aromatic carbocycles. The Morgan fingerprint density at radius 1 is 1.32 bits per heavy atom. The smallest absolute Gasteiger partial charge is 0.262 e. The van der Waals surface area contributed by atoms with Gasteiger partial charge in [-0.15, -0.1) is 11.3 Å². The fourth-order valence-electron chi connectivity index (χ4n) is 2.41. The van der Waals surface area contributed by atoms with Crippen LogP contribution < -0.4 is 5.56 Å². The molecular formula is C16H15ClN2O2S. The Morgan fingerprint density at radius 3 is 2.73 bits per heavy atom. The summed E-state index contributed by atoms with van der Waals surface area (Å²) in [7, 11) is 1.62. The molecule has 3 aromatic rings. The Bertz CT molecular complexity index is 868. The summed E-state index contributed by atoms with van der Waals surface area (Å²) < 4.78 is 6.74. The highest BCUT2D eigenvalue weighted by Crippen LogP contribution is 2.31. The van der Waals surface area contributed by atoms with E-state index >= 15 is 0 Å². The lowest BCUT2D eigenvalue weighted by molar-refractivity contribution is 0.185. The van der Waals surface area contributed by atoms with Crippen molar-refractivity contribution >= 4 is 33.2 Å². The van der Waals surface area contributed by atoms with Gasteiger partial charge in [0, 0.05) is 23.1 Å². The predicted octanol–water partition coefficient (Wildman–Crippen LogP) is 3.73. The van der Waals surface area contributed by atoms with Gasteiger partial charge in [-0.2, -0.15) is 0 Å². The summed E-state index contributed by atoms with van der Waals surface area (Å²) in [6.07, 6.45) is 0. The van der Waals surface area contributed by atoms with Crippen molar-refractivity contribution in [2.75, 3.05) is 13.7 Å². The molecule has 0 aliphatic carbocycles. The summed E-state index contributed by atoms with van der Waals surface area (Å²) in [6.45, 7) is 2.83. The quantitative estimate of drug-likeness (QED) is 0.730. The summed E-state index contributed by atoms with van der Waals surface area (Å²) in [5, 5.41) is 3.31. The molecule has 114 valence electrons. The molecule has 0 fully saturated rings. The van der Waals surface area contributed by atoms with E-state index < -0.39 is 0 Å². The second-order valence-corrected chi connectivity index (χ2v) is 6.24. The van der Waals surface area contributed by atoms with E-state index in [2.05, 4.69) is 4.98 Å². The molecular weight excluding hydrogens is 320 g/mol. The van der Waals surface area contributed by atoms with Crippen molar-refractivity contribution in [1.82, 2.24) is 9.55 Å². The lowest BCUT2D eigenvalue weighted by Crippen LogP contribution is -2.25. The molecule has 6 heteroatoms. The lowest BCUT2D eigenvalue weighted by atomic mass is 10.1. The number of aryl methyl sites for hydroxylation is 1. The van der Waals surface area contributed by atoms with Crippen molar-refractivity contribution < 1.29 is 4.74 Å². The number of nitrogens with zero attached hydrogens (tertiary/aromatic N) is 2. The number of benzene rings is 1. The molecule has 0 N–H and O–H groups in total. The van der Waals surface area contributed by atoms with Crippen molar-refractivity contribution in [1.29, 1.82) is 0 Å². The normalized spacial score (nSPS) is 11.2. The van der Waals surface area contributed by atoms with Gasteiger partial charge in [-0.1, -0.05) is 23.7 Å². The summed E-state index contributed by atoms with van der Waals surface area (Å²) >= 11 is 7.42. The first-order valence-electron chi connectivity index (χ1n) is 6.85. The highest BCUT2D eigenvalue weighted by molar-refractivity contribution is 7.17. The van der Waals surface area contributed by atoms with Gasteiger partial charge in [0.05, 0.1) is 18.5 Å². The van der Waals surface area contributed by atoms with E-state index in [1.54, 1.807) is 11.7 Å². The van der Waals surface area contributed by atoms with Crippen molar-refractivity contribution in [2.24, 2.45) is 0 Å². The van der Waals surface area contributed by atoms with Crippen LogP contribution in [0.2, 0.25) is 5.02 Å². The van der Waals surface area contributed by atoms with Crippen LogP contribution in [0.15, 0.2) is 34.4 Å². The molecule has 0 aliphatic rings. The largest absolute Gasteiger partial charge is 0.383 e. The molecule has 0 radical (unpaired) electrons. The maximum Gasteiger partial charge on any atom is 0.262 e. The molecule has 0 saturated heterocycles. The number of rotatable bonds is 4. The molecule has 0 bridgehead atoms. The number of hydrogen-bond acceptors (Lipinski definition) is 4. The Morgan fingerprint density at radius 2 is 2.05 bits per heavy atom. The van der Waals surface area contributed by atoms with E-state index in [1.165, 1.54) is 11.3 Å². The molecule has 0 saturated carbocycles. The third-order valence-corrected chi connectivity index (χ3v) is 4.68. The van der Waals surface area contributed by atoms with Crippen LogP contribution in [0.1, 0.15) is 5.82 Å². The lowest BCUT2D eigenvalue weighted by Gasteiger charge is -2.09. The first kappa shape index (κ1) is 15.2. The van der Waals surface area contributed by atoms with E-state index in [0.29, 0.717) is 29.4 Å². The van der Waals surface area contributed by atoms with Crippen molar-refractivity contribution in [3.8, 4) is 11.1 Å². The van der Waals surface area contributed by atoms with Crippen LogP contribution in [0.5, 0.6) is 0 Å². The maximum atomic E-state index is 12.8. The zero-order chi connectivity index (χ0) is 15.7. The van der Waals surface area contributed by atoms with Gasteiger partial charge in [0.1, 0.15) is 10.7 Å². The molecule has 22 heavy (non-hydrogen) atoms. The number of hydrogen-bond donors (Lipinski definition) is 0. The zero-order valence-corrected chi connectivity index (χ0v) is 13.9. The third-order valence-electron chi connectivity index (χ3n) is 3.56. The molecule has 2 heterocycles. The molecule has 4 nitrogen and oxygen atoms in total. The molecule has 0 aliphatic heterocycles. The van der Waals surface area contributed by atoms with Gasteiger partial charge >= 0.3 is 0 Å². The fraction of sp³-hybridized carbons (Fsp3) is 0.250. The number of aromatic nitrogens is 2. The minimum absolute atomic E-state index is 0.0225. The van der Waals surface area contributed by atoms with Crippen LogP contribution in [0, 0.1) is 6.92 Å². The van der Waals surface area contributed by atoms with Crippen LogP contribution in [0.4, 0.5) is 0 Å². The molecule has 3 rings (SSSR count). The predicted molar refractivity (Wildman–Crippen MR) is 90.9 cm³/mol. The monoisotopic (exact) mass is 334 g/mol. The van der Waals surface area contributed by atoms with E-state index in [9.17, 15) is 4.79 Å². The summed E-state index contributed by atoms with van der Waals surface area (Å²) in [4.78, 5) is 18.1. The molecule has 0 unspecified atom stereocenters. The number of methoxy groups -OCH3 is 1. The first-order chi connectivity index (χ1) is 10.6. The minimum Gasteiger partial charge on any atom is -0.383 e. The summed E-state index contributed by atoms with van der Waals surface area (Å²) in [5.74, 6) is 0.707. The van der Waals surface area contributed by atoms with Gasteiger partial charge in [0.2, 0.25) is 0 Å². The Labute approximate surface area is 136 Å². The number of thiophene rings is 1. The van der Waals surface area contributed by atoms with E-state index in [1.807, 2.05) is 36.6 Å². The molecule has 2 aromatic heterocycles. The maximum absolute atomic E-state index is 12.8. The molecule has 0 spiro atoms. The number of halogens is 1. The SMILES string of the molecule is COCCn1c(C)nc2scc(-c3ccc(Cl)cc3)c2c1=O. The van der Waals surface area contributed by atoms with Crippen LogP contribution in [0.3, 0.4) is 0 Å². The second-order valence-electron chi connectivity index (χ2n) is 4.95. The molecule has 0 atom stereocenters. The highest BCUT2D eigenvalue weighted by atomic mass is 35.5. The van der Waals surface area contributed by atoms with Crippen molar-refractivity contribution in [2.45, 2.75) is 13.5 Å². The topological polar surface area (TPSA) is 44.1 Å². The minimum atomic E-state index is -0.0225. The summed E-state index contributed by atoms with van der Waals surface area (Å²) in [5.41, 5.74) is 1.85. The van der Waals surface area contributed by atoms with Crippen LogP contribution in [0.25, 0.3) is 21.3 Å². The van der Waals surface area contributed by atoms with Crippen molar-refractivity contribution in [3.63, 3.8) is 0 Å². The van der Waals surface area contributed by atoms with Gasteiger partial charge in [-0.3, -0.25) is 9.36 Å². The molecule has 0 amide bonds. The van der Waals surface area contributed by atoms with E-state index in [-0.39, 0.29) is 5.56 Å². The fourth-order valence-corrected chi connectivity index (χ4v) is 3.52. The van der Waals surface area contributed by atoms with Crippen LogP contribution in [-0.4, -0.2) is 23.3 Å². The average molecular weight is 335 g/mol. The number of ether oxygens (including phenoxy) is 1. The van der Waals surface area contributed by atoms with Gasteiger partial charge in [0.15, 0.2) is 0 Å². The van der Waals surface area contributed by atoms with E-state index in [4.69, 9.17) is 16.3 Å². The summed E-state index contributed by atoms with van der Waals surface area (Å²) in [6, 6.07) is 7.49. The number of fused-ring (bicyclic) bond motifs is 1. The van der Waals surface area contributed by atoms with Crippen molar-refractivity contribution in [3.05, 3.63) is 50.8 Å². The Kier molecular flexibility index (Phi) is 4.29. The van der Waals surface area contributed by atoms with Gasteiger partial charge in [-0.25, -0.2) is 4.98 Å². The standard InChI is InChI=1S/C16H15ClN2O2S/c1-10-18-15-14(16(20)19(10)7-8-21-2)13(9-22-15)11-3-5-12(17)6-4-11/h3-6,9H,7-8H2,1-2H3. The first-order valence-corrected chi connectivity index (χ1v) is 8.11. The van der Waals surface area contributed by atoms with E-state index in [0.717, 1.165) is 16.0 Å². The van der Waals surface area contributed by atoms with Gasteiger partial charge in [0.25, 0.3) is 5.56 Å².